The van der Waals surface area contributed by atoms with Gasteiger partial charge in [0.1, 0.15) is 19.3 Å². The number of likely N-dealkylation sites (N-methyl/N-ethyl adjacent to an activating group) is 1. The molecule has 2 atom stereocenters. The third kappa shape index (κ3) is 43.2. The van der Waals surface area contributed by atoms with Crippen molar-refractivity contribution >= 4 is 13.8 Å². The van der Waals surface area contributed by atoms with Crippen LogP contribution in [0.1, 0.15) is 168 Å². The summed E-state index contributed by atoms with van der Waals surface area (Å²) in [5.74, 6) is -0.361. The molecule has 0 spiro atoms. The fraction of sp³-hybridized carbons (Fsp3) is 0.761. The average Bonchev–Trinajstić information content (AvgIpc) is 3.13. The molecule has 0 saturated heterocycles. The first-order valence-electron chi connectivity index (χ1n) is 22.0. The molecule has 0 aliphatic heterocycles. The molecule has 55 heavy (non-hydrogen) atoms. The standard InChI is InChI=1S/C46H84NO7P/c1-6-8-10-12-14-16-18-20-22-24-25-27-29-31-33-35-37-39-46(48)54-45(44-53-55(49,50)52-42-40-47(3,4)5)43-51-41-38-36-34-32-30-28-26-23-21-19-17-15-13-11-9-7-2/h8,10,14,16,20-23,25,27,45H,6-7,9,11-13,15,17-19,24,26,28-44H2,1-5H3/b10-8-,16-14-,22-20-,23-21-,27-25-. The topological polar surface area (TPSA) is 94.1 Å². The molecule has 0 bridgehead atoms. The highest BCUT2D eigenvalue weighted by Gasteiger charge is 2.20. The van der Waals surface area contributed by atoms with E-state index in [4.69, 9.17) is 18.5 Å². The number of quaternary nitrogens is 1. The van der Waals surface area contributed by atoms with Crippen molar-refractivity contribution in [3.8, 4) is 0 Å². The van der Waals surface area contributed by atoms with E-state index >= 15 is 0 Å². The first-order chi connectivity index (χ1) is 26.6. The van der Waals surface area contributed by atoms with E-state index in [0.29, 0.717) is 17.6 Å². The molecule has 8 nitrogen and oxygen atoms in total. The molecule has 320 valence electrons. The van der Waals surface area contributed by atoms with Gasteiger partial charge in [-0.05, 0) is 77.0 Å². The molecule has 0 amide bonds. The van der Waals surface area contributed by atoms with E-state index in [0.717, 1.165) is 70.6 Å². The first-order valence-corrected chi connectivity index (χ1v) is 23.5. The third-order valence-electron chi connectivity index (χ3n) is 9.05. The Bertz CT molecular complexity index is 1060. The number of hydrogen-bond donors (Lipinski definition) is 0. The summed E-state index contributed by atoms with van der Waals surface area (Å²) in [6, 6.07) is 0. The second-order valence-corrected chi connectivity index (χ2v) is 17.1. The second-order valence-electron chi connectivity index (χ2n) is 15.7. The van der Waals surface area contributed by atoms with Crippen LogP contribution < -0.4 is 4.89 Å². The zero-order valence-corrected chi connectivity index (χ0v) is 37.0. The number of phosphoric ester groups is 1. The van der Waals surface area contributed by atoms with Gasteiger partial charge in [-0.3, -0.25) is 9.36 Å². The summed E-state index contributed by atoms with van der Waals surface area (Å²) in [6.07, 6.45) is 48.0. The highest BCUT2D eigenvalue weighted by Crippen LogP contribution is 2.38. The summed E-state index contributed by atoms with van der Waals surface area (Å²) in [5, 5.41) is 0. The molecule has 0 radical (unpaired) electrons. The Morgan fingerprint density at radius 1 is 0.582 bits per heavy atom. The van der Waals surface area contributed by atoms with Crippen molar-refractivity contribution in [2.75, 3.05) is 54.1 Å². The predicted octanol–water partition coefficient (Wildman–Crippen LogP) is 12.3. The second kappa shape index (κ2) is 39.0. The lowest BCUT2D eigenvalue weighted by Gasteiger charge is -2.28. The monoisotopic (exact) mass is 794 g/mol. The fourth-order valence-electron chi connectivity index (χ4n) is 5.65. The van der Waals surface area contributed by atoms with Crippen LogP contribution in [-0.4, -0.2) is 70.7 Å². The summed E-state index contributed by atoms with van der Waals surface area (Å²) in [7, 11) is 1.33. The number of allylic oxidation sites excluding steroid dienone is 10. The van der Waals surface area contributed by atoms with Crippen LogP contribution >= 0.6 is 7.82 Å². The largest absolute Gasteiger partial charge is 0.756 e. The summed E-state index contributed by atoms with van der Waals surface area (Å²) in [4.78, 5) is 25.0. The van der Waals surface area contributed by atoms with Crippen molar-refractivity contribution in [2.45, 2.75) is 174 Å². The number of nitrogens with zero attached hydrogens (tertiary/aromatic N) is 1. The molecule has 0 rings (SSSR count). The molecule has 0 aliphatic carbocycles. The van der Waals surface area contributed by atoms with Crippen LogP contribution in [0.5, 0.6) is 0 Å². The summed E-state index contributed by atoms with van der Waals surface area (Å²) >= 11 is 0. The van der Waals surface area contributed by atoms with E-state index in [1.54, 1.807) is 0 Å². The molecular formula is C46H84NO7P. The molecule has 9 heteroatoms. The molecule has 0 aromatic rings. The summed E-state index contributed by atoms with van der Waals surface area (Å²) in [6.45, 7) is 5.24. The van der Waals surface area contributed by atoms with Crippen LogP contribution in [0, 0.1) is 0 Å². The first kappa shape index (κ1) is 53.2. The van der Waals surface area contributed by atoms with E-state index in [2.05, 4.69) is 74.6 Å². The van der Waals surface area contributed by atoms with Gasteiger partial charge in [-0.2, -0.15) is 0 Å². The average molecular weight is 794 g/mol. The number of rotatable bonds is 40. The zero-order valence-electron chi connectivity index (χ0n) is 36.1. The molecular weight excluding hydrogens is 709 g/mol. The van der Waals surface area contributed by atoms with E-state index in [-0.39, 0.29) is 32.2 Å². The Kier molecular flexibility index (Phi) is 37.8. The minimum absolute atomic E-state index is 0.0173. The Morgan fingerprint density at radius 2 is 1.05 bits per heavy atom. The zero-order chi connectivity index (χ0) is 40.6. The summed E-state index contributed by atoms with van der Waals surface area (Å²) < 4.78 is 34.6. The van der Waals surface area contributed by atoms with Crippen molar-refractivity contribution in [3.05, 3.63) is 60.8 Å². The minimum Gasteiger partial charge on any atom is -0.756 e. The quantitative estimate of drug-likeness (QED) is 0.0200. The smallest absolute Gasteiger partial charge is 0.306 e. The lowest BCUT2D eigenvalue weighted by Crippen LogP contribution is -2.37. The highest BCUT2D eigenvalue weighted by atomic mass is 31.2. The summed E-state index contributed by atoms with van der Waals surface area (Å²) in [5.41, 5.74) is 0. The van der Waals surface area contributed by atoms with Crippen molar-refractivity contribution in [1.82, 2.24) is 0 Å². The van der Waals surface area contributed by atoms with Gasteiger partial charge < -0.3 is 27.9 Å². The molecule has 0 fully saturated rings. The van der Waals surface area contributed by atoms with Crippen LogP contribution in [-0.2, 0) is 27.9 Å². The van der Waals surface area contributed by atoms with E-state index in [1.807, 2.05) is 21.1 Å². The van der Waals surface area contributed by atoms with Crippen LogP contribution in [0.15, 0.2) is 60.8 Å². The number of ether oxygens (including phenoxy) is 2. The number of hydrogen-bond acceptors (Lipinski definition) is 7. The minimum atomic E-state index is -4.53. The SMILES string of the molecule is CC/C=C\C/C=C\C/C=C\C/C=C\CCCCCCC(=O)OC(COCCCCCCCC/C=C\CCCCCCCC)COP(=O)([O-])OCC[N+](C)(C)C. The molecule has 0 heterocycles. The van der Waals surface area contributed by atoms with Crippen LogP contribution in [0.3, 0.4) is 0 Å². The lowest BCUT2D eigenvalue weighted by atomic mass is 10.1. The van der Waals surface area contributed by atoms with Gasteiger partial charge in [0, 0.05) is 13.0 Å². The van der Waals surface area contributed by atoms with Gasteiger partial charge in [0.2, 0.25) is 0 Å². The van der Waals surface area contributed by atoms with Crippen molar-refractivity contribution in [1.29, 1.82) is 0 Å². The van der Waals surface area contributed by atoms with Gasteiger partial charge in [0.15, 0.2) is 0 Å². The fourth-order valence-corrected chi connectivity index (χ4v) is 6.38. The van der Waals surface area contributed by atoms with E-state index < -0.39 is 13.9 Å². The Balaban J connectivity index is 4.31. The van der Waals surface area contributed by atoms with Crippen molar-refractivity contribution < 1.29 is 37.3 Å². The number of phosphoric acid groups is 1. The van der Waals surface area contributed by atoms with E-state index in [1.165, 1.54) is 77.0 Å². The normalized spacial score (nSPS) is 14.4. The maximum atomic E-state index is 12.7. The van der Waals surface area contributed by atoms with Crippen molar-refractivity contribution in [3.63, 3.8) is 0 Å². The predicted molar refractivity (Wildman–Crippen MR) is 231 cm³/mol. The number of unbranched alkanes of at least 4 members (excludes halogenated alkanes) is 16. The van der Waals surface area contributed by atoms with Gasteiger partial charge in [-0.1, -0.05) is 145 Å². The molecule has 0 aromatic carbocycles. The Morgan fingerprint density at radius 3 is 1.60 bits per heavy atom. The maximum absolute atomic E-state index is 12.7. The third-order valence-corrected chi connectivity index (χ3v) is 10.0. The van der Waals surface area contributed by atoms with Crippen LogP contribution in [0.25, 0.3) is 0 Å². The van der Waals surface area contributed by atoms with Gasteiger partial charge in [0.25, 0.3) is 7.82 Å². The number of carbonyl (C=O) groups excluding carboxylic acids is 1. The van der Waals surface area contributed by atoms with Gasteiger partial charge >= 0.3 is 5.97 Å². The van der Waals surface area contributed by atoms with Crippen LogP contribution in [0.4, 0.5) is 0 Å². The molecule has 0 aliphatic rings. The molecule has 2 unspecified atom stereocenters. The van der Waals surface area contributed by atoms with E-state index in [9.17, 15) is 14.3 Å². The number of esters is 1. The van der Waals surface area contributed by atoms with Crippen molar-refractivity contribution in [2.24, 2.45) is 0 Å². The molecule has 0 saturated carbocycles. The maximum Gasteiger partial charge on any atom is 0.306 e. The lowest BCUT2D eigenvalue weighted by molar-refractivity contribution is -0.870. The van der Waals surface area contributed by atoms with Crippen LogP contribution in [0.2, 0.25) is 0 Å². The molecule has 0 aromatic heterocycles. The molecule has 0 N–H and O–H groups in total. The van der Waals surface area contributed by atoms with Gasteiger partial charge in [-0.25, -0.2) is 0 Å². The van der Waals surface area contributed by atoms with Gasteiger partial charge in [0.05, 0.1) is 34.4 Å². The number of carbonyl (C=O) groups is 1. The highest BCUT2D eigenvalue weighted by molar-refractivity contribution is 7.45. The van der Waals surface area contributed by atoms with Gasteiger partial charge in [-0.15, -0.1) is 0 Å². The Hall–Kier alpha value is -1.80. The Labute approximate surface area is 339 Å².